The molecule has 1 atom stereocenters. The lowest BCUT2D eigenvalue weighted by Gasteiger charge is -2.39. The quantitative estimate of drug-likeness (QED) is 0.437. The molecular weight excluding hydrogens is 454 g/mol. The highest BCUT2D eigenvalue weighted by atomic mass is 16.5. The van der Waals surface area contributed by atoms with Gasteiger partial charge in [0.25, 0.3) is 0 Å². The zero-order chi connectivity index (χ0) is 25.5. The number of aromatic carboxylic acids is 1. The van der Waals surface area contributed by atoms with Crippen molar-refractivity contribution in [3.05, 3.63) is 90.0 Å². The van der Waals surface area contributed by atoms with Crippen molar-refractivity contribution in [1.29, 1.82) is 0 Å². The van der Waals surface area contributed by atoms with Crippen LogP contribution in [0.5, 0.6) is 11.5 Å². The number of nitrogens with zero attached hydrogens (tertiary/aromatic N) is 2. The molecule has 4 rings (SSSR count). The number of amides is 1. The number of benzene rings is 3. The fourth-order valence-corrected chi connectivity index (χ4v) is 4.47. The van der Waals surface area contributed by atoms with Crippen molar-refractivity contribution in [2.24, 2.45) is 0 Å². The molecule has 0 aromatic heterocycles. The largest absolute Gasteiger partial charge is 0.478 e. The molecule has 2 N–H and O–H groups in total. The maximum Gasteiger partial charge on any atom is 0.335 e. The number of nitrogens with one attached hydrogen (secondary N) is 1. The van der Waals surface area contributed by atoms with Crippen molar-refractivity contribution in [3.8, 4) is 11.5 Å². The third-order valence-corrected chi connectivity index (χ3v) is 6.83. The topological polar surface area (TPSA) is 82.1 Å². The van der Waals surface area contributed by atoms with E-state index in [1.54, 1.807) is 12.1 Å². The van der Waals surface area contributed by atoms with Crippen LogP contribution in [0.15, 0.2) is 78.9 Å². The van der Waals surface area contributed by atoms with Crippen molar-refractivity contribution in [1.82, 2.24) is 9.80 Å². The van der Waals surface area contributed by atoms with Crippen molar-refractivity contribution < 1.29 is 19.4 Å². The molecule has 0 spiro atoms. The first kappa shape index (κ1) is 25.4. The number of hydrogen-bond acceptors (Lipinski definition) is 5. The van der Waals surface area contributed by atoms with E-state index < -0.39 is 5.97 Å². The molecule has 3 aromatic carbocycles. The molecule has 7 heteroatoms. The minimum Gasteiger partial charge on any atom is -0.478 e. The van der Waals surface area contributed by atoms with E-state index in [4.69, 9.17) is 9.84 Å². The third-order valence-electron chi connectivity index (χ3n) is 6.83. The van der Waals surface area contributed by atoms with Crippen LogP contribution in [0.3, 0.4) is 0 Å². The number of rotatable bonds is 9. The summed E-state index contributed by atoms with van der Waals surface area (Å²) in [6.07, 6.45) is 1.96. The lowest BCUT2D eigenvalue weighted by atomic mass is 10.0. The van der Waals surface area contributed by atoms with Gasteiger partial charge in [-0.25, -0.2) is 4.79 Å². The zero-order valence-electron chi connectivity index (χ0n) is 20.8. The van der Waals surface area contributed by atoms with Crippen LogP contribution in [-0.2, 0) is 11.3 Å². The van der Waals surface area contributed by atoms with Gasteiger partial charge in [-0.1, -0.05) is 30.3 Å². The third kappa shape index (κ3) is 6.71. The first-order valence-corrected chi connectivity index (χ1v) is 12.3. The molecular formula is C29H33N3O4. The first-order chi connectivity index (χ1) is 17.4. The summed E-state index contributed by atoms with van der Waals surface area (Å²) in [6.45, 7) is 4.62. The van der Waals surface area contributed by atoms with E-state index >= 15 is 0 Å². The van der Waals surface area contributed by atoms with Crippen LogP contribution >= 0.6 is 0 Å². The Hall–Kier alpha value is -3.68. The van der Waals surface area contributed by atoms with E-state index in [1.165, 1.54) is 0 Å². The van der Waals surface area contributed by atoms with Crippen LogP contribution in [0.1, 0.15) is 35.7 Å². The van der Waals surface area contributed by atoms with Gasteiger partial charge in [0.05, 0.1) is 11.6 Å². The lowest BCUT2D eigenvalue weighted by Crippen LogP contribution is -2.49. The monoisotopic (exact) mass is 487 g/mol. The van der Waals surface area contributed by atoms with Gasteiger partial charge in [0.15, 0.2) is 0 Å². The minimum absolute atomic E-state index is 0.0322. The molecule has 1 aliphatic heterocycles. The number of carbonyl (C=O) groups is 2. The standard InChI is InChI=1S/C29H33N3O4/c1-21(28(33)30-24-12-14-27(15-13-24)36-26-6-4-3-5-7-26)31(2)25-16-18-32(19-17-25)20-22-8-10-23(11-9-22)29(34)35/h3-15,21,25H,16-20H2,1-2H3,(H,30,33)(H,34,35). The highest BCUT2D eigenvalue weighted by molar-refractivity contribution is 5.94. The number of hydrogen-bond donors (Lipinski definition) is 2. The normalized spacial score (nSPS) is 15.4. The zero-order valence-corrected chi connectivity index (χ0v) is 20.8. The Bertz CT molecular complexity index is 1140. The number of ether oxygens (including phenoxy) is 1. The molecule has 1 saturated heterocycles. The Morgan fingerprint density at radius 1 is 0.972 bits per heavy atom. The van der Waals surface area contributed by atoms with Gasteiger partial charge in [-0.05, 0) is 94.0 Å². The molecule has 0 aliphatic carbocycles. The van der Waals surface area contributed by atoms with Gasteiger partial charge >= 0.3 is 5.97 Å². The average molecular weight is 488 g/mol. The summed E-state index contributed by atoms with van der Waals surface area (Å²) in [5.74, 6) is 0.549. The van der Waals surface area contributed by atoms with Crippen LogP contribution in [0.2, 0.25) is 0 Å². The summed E-state index contributed by atoms with van der Waals surface area (Å²) >= 11 is 0. The van der Waals surface area contributed by atoms with E-state index in [0.29, 0.717) is 17.4 Å². The van der Waals surface area contributed by atoms with Gasteiger partial charge in [-0.15, -0.1) is 0 Å². The summed E-state index contributed by atoms with van der Waals surface area (Å²) in [5.41, 5.74) is 2.16. The smallest absolute Gasteiger partial charge is 0.335 e. The molecule has 3 aromatic rings. The van der Waals surface area contributed by atoms with E-state index in [1.807, 2.05) is 80.7 Å². The Morgan fingerprint density at radius 2 is 1.58 bits per heavy atom. The van der Waals surface area contributed by atoms with Crippen molar-refractivity contribution >= 4 is 17.6 Å². The maximum absolute atomic E-state index is 12.9. The Balaban J connectivity index is 1.23. The number of carbonyl (C=O) groups excluding carboxylic acids is 1. The second kappa shape index (κ2) is 11.8. The summed E-state index contributed by atoms with van der Waals surface area (Å²) in [7, 11) is 2.02. The summed E-state index contributed by atoms with van der Waals surface area (Å²) in [6, 6.07) is 24.1. The maximum atomic E-state index is 12.9. The Labute approximate surface area is 212 Å². The number of likely N-dealkylation sites (tertiary alicyclic amines) is 1. The fraction of sp³-hybridized carbons (Fsp3) is 0.310. The number of para-hydroxylation sites is 1. The van der Waals surface area contributed by atoms with Crippen LogP contribution < -0.4 is 10.1 Å². The van der Waals surface area contributed by atoms with E-state index in [0.717, 1.165) is 49.5 Å². The second-order valence-corrected chi connectivity index (χ2v) is 9.28. The molecule has 1 unspecified atom stereocenters. The molecule has 0 saturated carbocycles. The van der Waals surface area contributed by atoms with Crippen molar-refractivity contribution in [2.75, 3.05) is 25.5 Å². The number of piperidine rings is 1. The molecule has 1 fully saturated rings. The van der Waals surface area contributed by atoms with Gasteiger partial charge in [-0.2, -0.15) is 0 Å². The molecule has 1 heterocycles. The van der Waals surface area contributed by atoms with Crippen LogP contribution in [-0.4, -0.2) is 59.0 Å². The molecule has 0 radical (unpaired) electrons. The van der Waals surface area contributed by atoms with Crippen molar-refractivity contribution in [2.45, 2.75) is 38.4 Å². The SMILES string of the molecule is CC(C(=O)Nc1ccc(Oc2ccccc2)cc1)N(C)C1CCN(Cc2ccc(C(=O)O)cc2)CC1. The van der Waals surface area contributed by atoms with E-state index in [2.05, 4.69) is 15.1 Å². The van der Waals surface area contributed by atoms with Gasteiger partial charge < -0.3 is 15.2 Å². The highest BCUT2D eigenvalue weighted by Crippen LogP contribution is 2.24. The van der Waals surface area contributed by atoms with Crippen molar-refractivity contribution in [3.63, 3.8) is 0 Å². The Kier molecular flexibility index (Phi) is 8.36. The molecule has 36 heavy (non-hydrogen) atoms. The molecule has 0 bridgehead atoms. The summed E-state index contributed by atoms with van der Waals surface area (Å²) in [5, 5.41) is 12.1. The minimum atomic E-state index is -0.905. The number of anilines is 1. The lowest BCUT2D eigenvalue weighted by molar-refractivity contribution is -0.121. The van der Waals surface area contributed by atoms with Crippen LogP contribution in [0.25, 0.3) is 0 Å². The molecule has 7 nitrogen and oxygen atoms in total. The fourth-order valence-electron chi connectivity index (χ4n) is 4.47. The second-order valence-electron chi connectivity index (χ2n) is 9.28. The predicted molar refractivity (Wildman–Crippen MR) is 141 cm³/mol. The van der Waals surface area contributed by atoms with E-state index in [-0.39, 0.29) is 11.9 Å². The first-order valence-electron chi connectivity index (χ1n) is 12.3. The number of likely N-dealkylation sites (N-methyl/N-ethyl adjacent to an activating group) is 1. The molecule has 1 amide bonds. The molecule has 1 aliphatic rings. The average Bonchev–Trinajstić information content (AvgIpc) is 2.90. The highest BCUT2D eigenvalue weighted by Gasteiger charge is 2.28. The van der Waals surface area contributed by atoms with E-state index in [9.17, 15) is 9.59 Å². The summed E-state index contributed by atoms with van der Waals surface area (Å²) in [4.78, 5) is 28.5. The Morgan fingerprint density at radius 3 is 2.19 bits per heavy atom. The molecule has 188 valence electrons. The van der Waals surface area contributed by atoms with Gasteiger partial charge in [-0.3, -0.25) is 14.6 Å². The predicted octanol–water partition coefficient (Wildman–Crippen LogP) is 5.10. The van der Waals surface area contributed by atoms with Crippen LogP contribution in [0.4, 0.5) is 5.69 Å². The van der Waals surface area contributed by atoms with Gasteiger partial charge in [0, 0.05) is 18.3 Å². The van der Waals surface area contributed by atoms with Gasteiger partial charge in [0.2, 0.25) is 5.91 Å². The summed E-state index contributed by atoms with van der Waals surface area (Å²) < 4.78 is 5.82. The number of carboxylic acids is 1. The number of carboxylic acid groups (broad SMARTS) is 1. The van der Waals surface area contributed by atoms with Crippen LogP contribution in [0, 0.1) is 0 Å². The van der Waals surface area contributed by atoms with Gasteiger partial charge in [0.1, 0.15) is 11.5 Å².